The molecule has 0 bridgehead atoms. The molecule has 0 aromatic rings. The maximum Gasteiger partial charge on any atom is 0.692 e. The Morgan fingerprint density at radius 1 is 1.33 bits per heavy atom. The van der Waals surface area contributed by atoms with Crippen molar-refractivity contribution in [1.29, 1.82) is 0 Å². The largest absolute Gasteiger partial charge is 0.692 e. The Morgan fingerprint density at radius 2 is 1.33 bits per heavy atom. The second-order valence-corrected chi connectivity index (χ2v) is 0.758. The molecule has 0 saturated heterocycles. The van der Waals surface area contributed by atoms with Crippen LogP contribution in [0, 0.1) is 0 Å². The van der Waals surface area contributed by atoms with Gasteiger partial charge in [0.2, 0.25) is 0 Å². The quantitative estimate of drug-likeness (QED) is 0.401. The summed E-state index contributed by atoms with van der Waals surface area (Å²) in [6.07, 6.45) is 0. The van der Waals surface area contributed by atoms with Crippen LogP contribution < -0.4 is 6.15 Å². The van der Waals surface area contributed by atoms with Crippen molar-refractivity contribution in [3.05, 3.63) is 0 Å². The zero-order valence-corrected chi connectivity index (χ0v) is 4.85. The van der Waals surface area contributed by atoms with Crippen LogP contribution in [0.3, 0.4) is 0 Å². The van der Waals surface area contributed by atoms with Crippen LogP contribution in [0.1, 0.15) is 0 Å². The molecule has 6 heavy (non-hydrogen) atoms. The van der Waals surface area contributed by atoms with E-state index in [2.05, 4.69) is 0 Å². The van der Waals surface area contributed by atoms with Crippen LogP contribution in [0.4, 0.5) is 0 Å². The van der Waals surface area contributed by atoms with Crippen LogP contribution in [0.15, 0.2) is 0 Å². The molecule has 40 valence electrons. The average molecular weight is 132 g/mol. The van der Waals surface area contributed by atoms with Gasteiger partial charge < -0.3 is 6.15 Å². The van der Waals surface area contributed by atoms with Crippen LogP contribution in [-0.4, -0.2) is 9.79 Å². The Hall–Kier alpha value is 0.330. The highest BCUT2D eigenvalue weighted by Crippen LogP contribution is 1.98. The first kappa shape index (κ1) is 16.2. The first-order valence-corrected chi connectivity index (χ1v) is 1.75. The SMILES string of the molecule is N.O=[P+](O)O.S. The van der Waals surface area contributed by atoms with E-state index in [1.54, 1.807) is 0 Å². The summed E-state index contributed by atoms with van der Waals surface area (Å²) in [5.41, 5.74) is 0. The number of hydrogen-bond acceptors (Lipinski definition) is 2. The summed E-state index contributed by atoms with van der Waals surface area (Å²) in [6, 6.07) is 0. The Morgan fingerprint density at radius 3 is 1.33 bits per heavy atom. The van der Waals surface area contributed by atoms with Gasteiger partial charge in [0, 0.05) is 4.57 Å². The minimum atomic E-state index is -2.87. The van der Waals surface area contributed by atoms with Gasteiger partial charge in [-0.15, -0.1) is 9.79 Å². The number of hydrogen-bond donors (Lipinski definition) is 3. The summed E-state index contributed by atoms with van der Waals surface area (Å²) in [5.74, 6) is 0. The van der Waals surface area contributed by atoms with Crippen molar-refractivity contribution in [1.82, 2.24) is 6.15 Å². The second kappa shape index (κ2) is 9.01. The highest BCUT2D eigenvalue weighted by atomic mass is 32.1. The van der Waals surface area contributed by atoms with E-state index in [9.17, 15) is 0 Å². The van der Waals surface area contributed by atoms with Gasteiger partial charge in [0.05, 0.1) is 0 Å². The molecule has 0 heterocycles. The standard InChI is InChI=1S/H3N.HO3P.H2S/c;1-4(2)3;/h1H3;(H-,1,2,3);1H2/p+1. The van der Waals surface area contributed by atoms with E-state index in [1.165, 1.54) is 0 Å². The molecule has 0 aromatic heterocycles. The van der Waals surface area contributed by atoms with Gasteiger partial charge in [-0.2, -0.15) is 13.5 Å². The molecule has 0 amide bonds. The molecule has 0 aromatic carbocycles. The third-order valence-corrected chi connectivity index (χ3v) is 0. The first-order valence-electron chi connectivity index (χ1n) is 0.583. The van der Waals surface area contributed by atoms with Gasteiger partial charge in [0.15, 0.2) is 0 Å². The maximum absolute atomic E-state index is 8.70. The van der Waals surface area contributed by atoms with E-state index in [4.69, 9.17) is 14.4 Å². The van der Waals surface area contributed by atoms with E-state index in [0.717, 1.165) is 0 Å². The van der Waals surface area contributed by atoms with Crippen molar-refractivity contribution in [2.75, 3.05) is 0 Å². The lowest BCUT2D eigenvalue weighted by atomic mass is 14.0. The fraction of sp³-hybridized carbons (Fsp3) is 0. The molecule has 0 saturated carbocycles. The molecule has 0 aliphatic rings. The molecule has 0 unspecified atom stereocenters. The molecule has 5 N–H and O–H groups in total. The molecular formula is H7NO3PS+. The van der Waals surface area contributed by atoms with Gasteiger partial charge in [-0.3, -0.25) is 0 Å². The van der Waals surface area contributed by atoms with Crippen molar-refractivity contribution in [3.63, 3.8) is 0 Å². The van der Waals surface area contributed by atoms with Gasteiger partial charge in [0.25, 0.3) is 0 Å². The number of rotatable bonds is 0. The first-order chi connectivity index (χ1) is 1.73. The van der Waals surface area contributed by atoms with E-state index >= 15 is 0 Å². The van der Waals surface area contributed by atoms with Crippen molar-refractivity contribution in [3.8, 4) is 0 Å². The monoisotopic (exact) mass is 132 g/mol. The normalized spacial score (nSPS) is 4.33. The summed E-state index contributed by atoms with van der Waals surface area (Å²) < 4.78 is 8.70. The lowest BCUT2D eigenvalue weighted by Gasteiger charge is -1.34. The predicted molar refractivity (Wildman–Crippen MR) is 27.4 cm³/mol. The zero-order valence-electron chi connectivity index (χ0n) is 2.96. The lowest BCUT2D eigenvalue weighted by Crippen LogP contribution is -1.38. The minimum absolute atomic E-state index is 0. The molecule has 0 radical (unpaired) electrons. The molecule has 0 aliphatic carbocycles. The second-order valence-electron chi connectivity index (χ2n) is 0.253. The van der Waals surface area contributed by atoms with Crippen molar-refractivity contribution in [2.24, 2.45) is 0 Å². The Bertz CT molecular complexity index is 33.8. The van der Waals surface area contributed by atoms with Gasteiger partial charge in [-0.05, 0) is 0 Å². The van der Waals surface area contributed by atoms with Crippen LogP contribution in [-0.2, 0) is 4.57 Å². The molecule has 6 heteroatoms. The Labute approximate surface area is 43.2 Å². The van der Waals surface area contributed by atoms with E-state index in [0.29, 0.717) is 0 Å². The maximum atomic E-state index is 8.70. The van der Waals surface area contributed by atoms with Crippen molar-refractivity contribution >= 4 is 21.8 Å². The molecule has 0 fully saturated rings. The fourth-order valence-electron chi connectivity index (χ4n) is 0. The van der Waals surface area contributed by atoms with Crippen molar-refractivity contribution < 1.29 is 14.4 Å². The molecular weight excluding hydrogens is 125 g/mol. The summed E-state index contributed by atoms with van der Waals surface area (Å²) in [5, 5.41) is 0. The summed E-state index contributed by atoms with van der Waals surface area (Å²) in [7, 11) is -2.87. The smallest absolute Gasteiger partial charge is 0.344 e. The van der Waals surface area contributed by atoms with Gasteiger partial charge in [-0.1, -0.05) is 0 Å². The topological polar surface area (TPSA) is 92.5 Å². The van der Waals surface area contributed by atoms with Crippen LogP contribution in [0.2, 0.25) is 0 Å². The van der Waals surface area contributed by atoms with E-state index in [1.807, 2.05) is 0 Å². The van der Waals surface area contributed by atoms with E-state index in [-0.39, 0.29) is 19.6 Å². The van der Waals surface area contributed by atoms with Crippen LogP contribution in [0.25, 0.3) is 0 Å². The van der Waals surface area contributed by atoms with Crippen LogP contribution >= 0.6 is 21.8 Å². The third-order valence-electron chi connectivity index (χ3n) is 0. The molecule has 0 aliphatic heterocycles. The summed E-state index contributed by atoms with van der Waals surface area (Å²) in [4.78, 5) is 14.2. The van der Waals surface area contributed by atoms with Gasteiger partial charge >= 0.3 is 8.25 Å². The molecule has 0 atom stereocenters. The lowest BCUT2D eigenvalue weighted by molar-refractivity contribution is 0.405. The zero-order chi connectivity index (χ0) is 3.58. The predicted octanol–water partition coefficient (Wildman–Crippen LogP) is -0.0968. The molecule has 0 spiro atoms. The highest BCUT2D eigenvalue weighted by Gasteiger charge is 1.93. The van der Waals surface area contributed by atoms with Crippen molar-refractivity contribution in [2.45, 2.75) is 0 Å². The van der Waals surface area contributed by atoms with E-state index < -0.39 is 8.25 Å². The Balaban J connectivity index is -0.0000000450. The highest BCUT2D eigenvalue weighted by molar-refractivity contribution is 7.59. The summed E-state index contributed by atoms with van der Waals surface area (Å²) >= 11 is 0. The Kier molecular flexibility index (Phi) is 24.4. The average Bonchev–Trinajstić information content (AvgIpc) is 0.811. The molecule has 0 rings (SSSR count). The third kappa shape index (κ3) is 441. The van der Waals surface area contributed by atoms with Crippen LogP contribution in [0.5, 0.6) is 0 Å². The fourth-order valence-corrected chi connectivity index (χ4v) is 0. The molecule has 4 nitrogen and oxygen atoms in total. The minimum Gasteiger partial charge on any atom is -0.344 e. The summed E-state index contributed by atoms with van der Waals surface area (Å²) in [6.45, 7) is 0. The van der Waals surface area contributed by atoms with Gasteiger partial charge in [0.1, 0.15) is 0 Å². The van der Waals surface area contributed by atoms with Gasteiger partial charge in [-0.25, -0.2) is 0 Å².